The number of aromatic nitrogens is 1. The predicted octanol–water partition coefficient (Wildman–Crippen LogP) is 2.46. The second kappa shape index (κ2) is 8.14. The number of aryl methyl sites for hydroxylation is 1. The fourth-order valence-electron chi connectivity index (χ4n) is 3.31. The maximum Gasteiger partial charge on any atom is 0.319 e. The Bertz CT molecular complexity index is 800. The van der Waals surface area contributed by atoms with E-state index in [1.165, 1.54) is 0 Å². The van der Waals surface area contributed by atoms with Crippen LogP contribution in [0.15, 0.2) is 30.3 Å². The van der Waals surface area contributed by atoms with Gasteiger partial charge in [-0.1, -0.05) is 18.2 Å². The molecule has 26 heavy (non-hydrogen) atoms. The van der Waals surface area contributed by atoms with E-state index in [4.69, 9.17) is 5.11 Å². The number of likely N-dealkylation sites (tertiary alicyclic amines) is 1. The summed E-state index contributed by atoms with van der Waals surface area (Å²) in [7, 11) is 0. The fourth-order valence-corrected chi connectivity index (χ4v) is 3.31. The molecule has 2 aromatic rings. The van der Waals surface area contributed by atoms with Crippen molar-refractivity contribution >= 4 is 28.6 Å². The summed E-state index contributed by atoms with van der Waals surface area (Å²) in [5, 5.41) is 15.7. The molecule has 1 aromatic heterocycles. The number of fused-ring (bicyclic) bond motifs is 1. The van der Waals surface area contributed by atoms with Gasteiger partial charge in [0.25, 0.3) is 0 Å². The first kappa shape index (κ1) is 18.1. The molecule has 0 atom stereocenters. The van der Waals surface area contributed by atoms with Crippen molar-refractivity contribution in [3.63, 3.8) is 0 Å². The number of amides is 2. The van der Waals surface area contributed by atoms with Crippen LogP contribution in [0.5, 0.6) is 0 Å². The van der Waals surface area contributed by atoms with Gasteiger partial charge in [-0.3, -0.25) is 9.78 Å². The Kier molecular flexibility index (Phi) is 5.68. The summed E-state index contributed by atoms with van der Waals surface area (Å²) in [6, 6.07) is 9.31. The highest BCUT2D eigenvalue weighted by Crippen LogP contribution is 2.22. The van der Waals surface area contributed by atoms with Crippen molar-refractivity contribution in [3.05, 3.63) is 36.0 Å². The van der Waals surface area contributed by atoms with Crippen LogP contribution in [0.2, 0.25) is 0 Å². The molecule has 2 amide bonds. The summed E-state index contributed by atoms with van der Waals surface area (Å²) in [4.78, 5) is 29.8. The van der Waals surface area contributed by atoms with Gasteiger partial charge < -0.3 is 20.6 Å². The van der Waals surface area contributed by atoms with Gasteiger partial charge in [-0.25, -0.2) is 4.79 Å². The summed E-state index contributed by atoms with van der Waals surface area (Å²) >= 11 is 0. The van der Waals surface area contributed by atoms with Crippen molar-refractivity contribution in [1.82, 2.24) is 15.2 Å². The zero-order chi connectivity index (χ0) is 18.5. The lowest BCUT2D eigenvalue weighted by Crippen LogP contribution is -2.41. The number of carboxylic acids is 1. The van der Waals surface area contributed by atoms with Crippen molar-refractivity contribution in [2.45, 2.75) is 19.8 Å². The Balaban J connectivity index is 1.49. The number of rotatable bonds is 5. The molecule has 0 bridgehead atoms. The lowest BCUT2D eigenvalue weighted by Gasteiger charge is -2.29. The molecule has 1 fully saturated rings. The SMILES string of the molecule is Cc1cc(NC(=O)NCCN2CCC(C(=O)O)CC2)c2ccccc2n1. The summed E-state index contributed by atoms with van der Waals surface area (Å²) in [6.45, 7) is 4.65. The maximum atomic E-state index is 12.2. The van der Waals surface area contributed by atoms with E-state index in [-0.39, 0.29) is 11.9 Å². The minimum Gasteiger partial charge on any atom is -0.481 e. The number of hydrogen-bond acceptors (Lipinski definition) is 4. The second-order valence-corrected chi connectivity index (χ2v) is 6.66. The summed E-state index contributed by atoms with van der Waals surface area (Å²) in [5.74, 6) is -0.937. The quantitative estimate of drug-likeness (QED) is 0.765. The molecule has 0 unspecified atom stereocenters. The molecule has 2 heterocycles. The number of piperidine rings is 1. The minimum atomic E-state index is -0.706. The van der Waals surface area contributed by atoms with Crippen molar-refractivity contribution in [1.29, 1.82) is 0 Å². The van der Waals surface area contributed by atoms with Gasteiger partial charge in [-0.05, 0) is 45.0 Å². The lowest BCUT2D eigenvalue weighted by molar-refractivity contribution is -0.143. The third-order valence-electron chi connectivity index (χ3n) is 4.74. The molecule has 0 spiro atoms. The van der Waals surface area contributed by atoms with E-state index in [2.05, 4.69) is 20.5 Å². The molecule has 1 saturated heterocycles. The Hall–Kier alpha value is -2.67. The molecule has 0 aliphatic carbocycles. The van der Waals surface area contributed by atoms with Crippen LogP contribution in [0.1, 0.15) is 18.5 Å². The van der Waals surface area contributed by atoms with Gasteiger partial charge in [-0.15, -0.1) is 0 Å². The third-order valence-corrected chi connectivity index (χ3v) is 4.74. The fraction of sp³-hybridized carbons (Fsp3) is 0.421. The van der Waals surface area contributed by atoms with Crippen LogP contribution >= 0.6 is 0 Å². The standard InChI is InChI=1S/C19H24N4O3/c1-13-12-17(15-4-2-3-5-16(15)21-13)22-19(26)20-8-11-23-9-6-14(7-10-23)18(24)25/h2-5,12,14H,6-11H2,1H3,(H,24,25)(H2,20,21,22,26). The van der Waals surface area contributed by atoms with Crippen LogP contribution in [-0.4, -0.2) is 53.2 Å². The molecule has 7 nitrogen and oxygen atoms in total. The zero-order valence-corrected chi connectivity index (χ0v) is 14.9. The Labute approximate surface area is 152 Å². The van der Waals surface area contributed by atoms with E-state index in [1.54, 1.807) is 0 Å². The molecule has 0 saturated carbocycles. The number of pyridine rings is 1. The van der Waals surface area contributed by atoms with Crippen LogP contribution in [0.3, 0.4) is 0 Å². The van der Waals surface area contributed by atoms with Gasteiger partial charge in [0.1, 0.15) is 0 Å². The number of urea groups is 1. The Morgan fingerprint density at radius 2 is 2.00 bits per heavy atom. The van der Waals surface area contributed by atoms with Crippen LogP contribution in [-0.2, 0) is 4.79 Å². The number of nitrogens with zero attached hydrogens (tertiary/aromatic N) is 2. The van der Waals surface area contributed by atoms with Crippen molar-refractivity contribution < 1.29 is 14.7 Å². The van der Waals surface area contributed by atoms with E-state index in [9.17, 15) is 9.59 Å². The van der Waals surface area contributed by atoms with E-state index in [0.717, 1.165) is 41.9 Å². The van der Waals surface area contributed by atoms with Gasteiger partial charge in [0.05, 0.1) is 17.1 Å². The maximum absolute atomic E-state index is 12.2. The molecule has 7 heteroatoms. The number of carbonyl (C=O) groups is 2. The van der Waals surface area contributed by atoms with Gasteiger partial charge in [0.15, 0.2) is 0 Å². The van der Waals surface area contributed by atoms with Crippen molar-refractivity contribution in [3.8, 4) is 0 Å². The molecular formula is C19H24N4O3. The van der Waals surface area contributed by atoms with Crippen LogP contribution in [0.4, 0.5) is 10.5 Å². The van der Waals surface area contributed by atoms with Crippen LogP contribution in [0.25, 0.3) is 10.9 Å². The summed E-state index contributed by atoms with van der Waals surface area (Å²) in [6.07, 6.45) is 1.34. The first-order valence-corrected chi connectivity index (χ1v) is 8.89. The minimum absolute atomic E-state index is 0.231. The van der Waals surface area contributed by atoms with E-state index in [0.29, 0.717) is 19.4 Å². The summed E-state index contributed by atoms with van der Waals surface area (Å²) in [5.41, 5.74) is 2.44. The number of para-hydroxylation sites is 1. The monoisotopic (exact) mass is 356 g/mol. The normalized spacial score (nSPS) is 15.7. The lowest BCUT2D eigenvalue weighted by atomic mass is 9.97. The number of benzene rings is 1. The largest absolute Gasteiger partial charge is 0.481 e. The first-order valence-electron chi connectivity index (χ1n) is 8.89. The first-order chi connectivity index (χ1) is 12.5. The second-order valence-electron chi connectivity index (χ2n) is 6.66. The van der Waals surface area contributed by atoms with Crippen LogP contribution in [0, 0.1) is 12.8 Å². The number of carboxylic acid groups (broad SMARTS) is 1. The predicted molar refractivity (Wildman–Crippen MR) is 100 cm³/mol. The molecule has 3 rings (SSSR count). The Morgan fingerprint density at radius 3 is 2.73 bits per heavy atom. The number of anilines is 1. The zero-order valence-electron chi connectivity index (χ0n) is 14.9. The van der Waals surface area contributed by atoms with Crippen molar-refractivity contribution in [2.75, 3.05) is 31.5 Å². The Morgan fingerprint density at radius 1 is 1.27 bits per heavy atom. The van der Waals surface area contributed by atoms with E-state index < -0.39 is 5.97 Å². The number of carbonyl (C=O) groups excluding carboxylic acids is 1. The number of aliphatic carboxylic acids is 1. The molecule has 1 aromatic carbocycles. The molecule has 1 aliphatic heterocycles. The molecule has 3 N–H and O–H groups in total. The summed E-state index contributed by atoms with van der Waals surface area (Å²) < 4.78 is 0. The van der Waals surface area contributed by atoms with Gasteiger partial charge >= 0.3 is 12.0 Å². The highest BCUT2D eigenvalue weighted by atomic mass is 16.4. The average molecular weight is 356 g/mol. The molecule has 0 radical (unpaired) electrons. The number of hydrogen-bond donors (Lipinski definition) is 3. The number of nitrogens with one attached hydrogen (secondary N) is 2. The topological polar surface area (TPSA) is 94.6 Å². The highest BCUT2D eigenvalue weighted by molar-refractivity contribution is 6.00. The van der Waals surface area contributed by atoms with E-state index >= 15 is 0 Å². The van der Waals surface area contributed by atoms with Gasteiger partial charge in [0, 0.05) is 24.2 Å². The van der Waals surface area contributed by atoms with Gasteiger partial charge in [0.2, 0.25) is 0 Å². The third kappa shape index (κ3) is 4.49. The van der Waals surface area contributed by atoms with E-state index in [1.807, 2.05) is 37.3 Å². The van der Waals surface area contributed by atoms with Crippen LogP contribution < -0.4 is 10.6 Å². The van der Waals surface area contributed by atoms with Gasteiger partial charge in [-0.2, -0.15) is 0 Å². The van der Waals surface area contributed by atoms with Crippen molar-refractivity contribution in [2.24, 2.45) is 5.92 Å². The average Bonchev–Trinajstić information content (AvgIpc) is 2.62. The molecule has 1 aliphatic rings. The smallest absolute Gasteiger partial charge is 0.319 e. The molecular weight excluding hydrogens is 332 g/mol. The molecule has 138 valence electrons. The highest BCUT2D eigenvalue weighted by Gasteiger charge is 2.24.